The first-order valence-corrected chi connectivity index (χ1v) is 7.76. The Balaban J connectivity index is 2.00. The molecule has 1 aromatic rings. The largest absolute Gasteiger partial charge is 0.378 e. The number of ether oxygens (including phenoxy) is 1. The van der Waals surface area contributed by atoms with Crippen LogP contribution in [0.1, 0.15) is 37.8 Å². The summed E-state index contributed by atoms with van der Waals surface area (Å²) in [4.78, 5) is 2.25. The Morgan fingerprint density at radius 2 is 2.05 bits per heavy atom. The van der Waals surface area contributed by atoms with Crippen molar-refractivity contribution < 1.29 is 4.74 Å². The summed E-state index contributed by atoms with van der Waals surface area (Å²) in [6.45, 7) is 4.12. The van der Waals surface area contributed by atoms with Gasteiger partial charge in [-0.15, -0.1) is 0 Å². The summed E-state index contributed by atoms with van der Waals surface area (Å²) in [7, 11) is 4.27. The summed E-state index contributed by atoms with van der Waals surface area (Å²) in [6, 6.07) is 11.7. The summed E-state index contributed by atoms with van der Waals surface area (Å²) in [6.07, 6.45) is 3.79. The summed E-state index contributed by atoms with van der Waals surface area (Å²) in [5.74, 6) is 0. The van der Waals surface area contributed by atoms with Crippen LogP contribution in [0, 0.1) is 0 Å². The van der Waals surface area contributed by atoms with E-state index in [2.05, 4.69) is 61.6 Å². The molecule has 0 radical (unpaired) electrons. The molecule has 1 saturated heterocycles. The molecular formula is C17H28N2O. The minimum Gasteiger partial charge on any atom is -0.378 e. The molecule has 1 aliphatic heterocycles. The highest BCUT2D eigenvalue weighted by atomic mass is 16.5. The van der Waals surface area contributed by atoms with Crippen molar-refractivity contribution in [1.82, 2.24) is 10.2 Å². The van der Waals surface area contributed by atoms with Crippen LogP contribution in [0.25, 0.3) is 0 Å². The molecular weight excluding hydrogens is 248 g/mol. The number of nitrogens with zero attached hydrogens (tertiary/aromatic N) is 1. The van der Waals surface area contributed by atoms with Gasteiger partial charge in [-0.2, -0.15) is 0 Å². The molecule has 3 nitrogen and oxygen atoms in total. The van der Waals surface area contributed by atoms with Crippen molar-refractivity contribution in [2.24, 2.45) is 0 Å². The quantitative estimate of drug-likeness (QED) is 0.864. The fourth-order valence-electron chi connectivity index (χ4n) is 2.91. The van der Waals surface area contributed by atoms with Gasteiger partial charge in [0.1, 0.15) is 0 Å². The zero-order valence-corrected chi connectivity index (χ0v) is 13.0. The number of hydrogen-bond donors (Lipinski definition) is 1. The van der Waals surface area contributed by atoms with Crippen LogP contribution >= 0.6 is 0 Å². The lowest BCUT2D eigenvalue weighted by molar-refractivity contribution is -0.00249. The monoisotopic (exact) mass is 276 g/mol. The van der Waals surface area contributed by atoms with Crippen molar-refractivity contribution in [2.75, 3.05) is 27.2 Å². The van der Waals surface area contributed by atoms with Gasteiger partial charge in [-0.3, -0.25) is 0 Å². The Kier molecular flexibility index (Phi) is 6.02. The van der Waals surface area contributed by atoms with Gasteiger partial charge in [-0.05, 0) is 38.9 Å². The third-order valence-corrected chi connectivity index (χ3v) is 4.01. The van der Waals surface area contributed by atoms with Crippen LogP contribution < -0.4 is 5.32 Å². The highest BCUT2D eigenvalue weighted by molar-refractivity contribution is 5.19. The van der Waals surface area contributed by atoms with Gasteiger partial charge >= 0.3 is 0 Å². The highest BCUT2D eigenvalue weighted by Gasteiger charge is 2.24. The summed E-state index contributed by atoms with van der Waals surface area (Å²) < 4.78 is 5.78. The van der Waals surface area contributed by atoms with Crippen molar-refractivity contribution in [2.45, 2.75) is 44.4 Å². The molecule has 0 amide bonds. The third kappa shape index (κ3) is 4.58. The van der Waals surface area contributed by atoms with Crippen LogP contribution in [0.3, 0.4) is 0 Å². The molecule has 0 bridgehead atoms. The Morgan fingerprint density at radius 3 is 2.70 bits per heavy atom. The Labute approximate surface area is 123 Å². The molecule has 20 heavy (non-hydrogen) atoms. The highest BCUT2D eigenvalue weighted by Crippen LogP contribution is 2.21. The molecule has 112 valence electrons. The van der Waals surface area contributed by atoms with Crippen LogP contribution in [0.4, 0.5) is 0 Å². The molecule has 1 N–H and O–H groups in total. The van der Waals surface area contributed by atoms with Gasteiger partial charge in [0.2, 0.25) is 0 Å². The number of likely N-dealkylation sites (N-methyl/N-ethyl adjacent to an activating group) is 1. The van der Waals surface area contributed by atoms with Gasteiger partial charge in [0.15, 0.2) is 0 Å². The lowest BCUT2D eigenvalue weighted by Gasteiger charge is -2.33. The lowest BCUT2D eigenvalue weighted by Crippen LogP contribution is -2.43. The number of rotatable bonds is 6. The van der Waals surface area contributed by atoms with Gasteiger partial charge < -0.3 is 15.0 Å². The minimum atomic E-state index is 0.395. The van der Waals surface area contributed by atoms with Gasteiger partial charge in [0.05, 0.1) is 6.10 Å². The van der Waals surface area contributed by atoms with Gasteiger partial charge in [0.25, 0.3) is 0 Å². The van der Waals surface area contributed by atoms with Crippen molar-refractivity contribution in [3.8, 4) is 0 Å². The fraction of sp³-hybridized carbons (Fsp3) is 0.647. The molecule has 2 rings (SSSR count). The molecule has 0 aliphatic carbocycles. The first kappa shape index (κ1) is 15.5. The molecule has 3 atom stereocenters. The molecule has 1 heterocycles. The van der Waals surface area contributed by atoms with Gasteiger partial charge in [-0.1, -0.05) is 37.3 Å². The van der Waals surface area contributed by atoms with E-state index in [1.165, 1.54) is 5.56 Å². The van der Waals surface area contributed by atoms with E-state index < -0.39 is 0 Å². The maximum Gasteiger partial charge on any atom is 0.0587 e. The van der Waals surface area contributed by atoms with Crippen molar-refractivity contribution >= 4 is 0 Å². The summed E-state index contributed by atoms with van der Waals surface area (Å²) >= 11 is 0. The van der Waals surface area contributed by atoms with Gasteiger partial charge in [0, 0.05) is 25.2 Å². The lowest BCUT2D eigenvalue weighted by atomic mass is 9.98. The zero-order valence-electron chi connectivity index (χ0n) is 13.0. The average molecular weight is 276 g/mol. The Hall–Kier alpha value is -0.900. The standard InChI is InChI=1S/C17H28N2O/c1-4-16-12-15(10-11-20-16)18-17(13-19(2)3)14-8-6-5-7-9-14/h5-9,15-18H,4,10-13H2,1-3H3. The van der Waals surface area contributed by atoms with Crippen LogP contribution in [0.5, 0.6) is 0 Å². The van der Waals surface area contributed by atoms with Gasteiger partial charge in [-0.25, -0.2) is 0 Å². The summed E-state index contributed by atoms with van der Waals surface area (Å²) in [5, 5.41) is 3.85. The van der Waals surface area contributed by atoms with E-state index in [4.69, 9.17) is 4.74 Å². The first-order valence-electron chi connectivity index (χ1n) is 7.76. The van der Waals surface area contributed by atoms with E-state index in [1.54, 1.807) is 0 Å². The second-order valence-electron chi connectivity index (χ2n) is 6.01. The molecule has 1 aliphatic rings. The molecule has 0 saturated carbocycles. The SMILES string of the molecule is CCC1CC(NC(CN(C)C)c2ccccc2)CCO1. The number of hydrogen-bond acceptors (Lipinski definition) is 3. The molecule has 0 spiro atoms. The Bertz CT molecular complexity index is 380. The maximum absolute atomic E-state index is 5.78. The molecule has 1 aromatic carbocycles. The average Bonchev–Trinajstić information content (AvgIpc) is 2.47. The van der Waals surface area contributed by atoms with E-state index in [0.717, 1.165) is 32.4 Å². The fourth-order valence-corrected chi connectivity index (χ4v) is 2.91. The zero-order chi connectivity index (χ0) is 14.4. The van der Waals surface area contributed by atoms with Crippen molar-refractivity contribution in [1.29, 1.82) is 0 Å². The van der Waals surface area contributed by atoms with E-state index in [0.29, 0.717) is 18.2 Å². The molecule has 3 unspecified atom stereocenters. The predicted molar refractivity (Wildman–Crippen MR) is 83.9 cm³/mol. The van der Waals surface area contributed by atoms with E-state index >= 15 is 0 Å². The predicted octanol–water partition coefficient (Wildman–Crippen LogP) is 2.84. The smallest absolute Gasteiger partial charge is 0.0587 e. The van der Waals surface area contributed by atoms with E-state index in [1.807, 2.05) is 0 Å². The van der Waals surface area contributed by atoms with Crippen LogP contribution in [-0.2, 0) is 4.74 Å². The van der Waals surface area contributed by atoms with E-state index in [9.17, 15) is 0 Å². The number of benzene rings is 1. The van der Waals surface area contributed by atoms with E-state index in [-0.39, 0.29) is 0 Å². The topological polar surface area (TPSA) is 24.5 Å². The van der Waals surface area contributed by atoms with Crippen LogP contribution in [-0.4, -0.2) is 44.3 Å². The van der Waals surface area contributed by atoms with Crippen molar-refractivity contribution in [3.63, 3.8) is 0 Å². The minimum absolute atomic E-state index is 0.395. The maximum atomic E-state index is 5.78. The Morgan fingerprint density at radius 1 is 1.30 bits per heavy atom. The van der Waals surface area contributed by atoms with Crippen molar-refractivity contribution in [3.05, 3.63) is 35.9 Å². The first-order chi connectivity index (χ1) is 9.69. The third-order valence-electron chi connectivity index (χ3n) is 4.01. The molecule has 3 heteroatoms. The summed E-state index contributed by atoms with van der Waals surface area (Å²) in [5.41, 5.74) is 1.38. The second-order valence-corrected chi connectivity index (χ2v) is 6.01. The van der Waals surface area contributed by atoms with Crippen LogP contribution in [0.15, 0.2) is 30.3 Å². The van der Waals surface area contributed by atoms with Crippen LogP contribution in [0.2, 0.25) is 0 Å². The molecule has 0 aromatic heterocycles. The normalized spacial score (nSPS) is 24.8. The number of nitrogens with one attached hydrogen (secondary N) is 1. The second kappa shape index (κ2) is 7.77. The molecule has 1 fully saturated rings.